The zero-order valence-electron chi connectivity index (χ0n) is 19.2. The largest absolute Gasteiger partial charge is 0.507 e. The number of halogens is 1. The van der Waals surface area contributed by atoms with Crippen molar-refractivity contribution in [1.29, 1.82) is 0 Å². The van der Waals surface area contributed by atoms with Crippen molar-refractivity contribution in [2.75, 3.05) is 13.7 Å². The number of carbonyl (C=O) groups excluding carboxylic acids is 2. The van der Waals surface area contributed by atoms with Gasteiger partial charge in [0.2, 0.25) is 0 Å². The number of aliphatic hydroxyl groups excluding tert-OH is 1. The lowest BCUT2D eigenvalue weighted by Gasteiger charge is -2.24. The van der Waals surface area contributed by atoms with Crippen LogP contribution in [0.3, 0.4) is 0 Å². The van der Waals surface area contributed by atoms with E-state index in [9.17, 15) is 19.1 Å². The minimum Gasteiger partial charge on any atom is -0.507 e. The second-order valence-corrected chi connectivity index (χ2v) is 8.29. The zero-order valence-corrected chi connectivity index (χ0v) is 19.2. The van der Waals surface area contributed by atoms with E-state index in [2.05, 4.69) is 4.98 Å². The molecule has 1 unspecified atom stereocenters. The van der Waals surface area contributed by atoms with Gasteiger partial charge in [-0.1, -0.05) is 24.3 Å². The highest BCUT2D eigenvalue weighted by atomic mass is 19.1. The molecule has 0 bridgehead atoms. The summed E-state index contributed by atoms with van der Waals surface area (Å²) in [6.07, 6.45) is 1.98. The van der Waals surface area contributed by atoms with Gasteiger partial charge in [0.15, 0.2) is 0 Å². The van der Waals surface area contributed by atoms with E-state index in [4.69, 9.17) is 4.74 Å². The molecule has 1 aliphatic heterocycles. The number of hydrogen-bond donors (Lipinski definition) is 1. The third kappa shape index (κ3) is 4.29. The number of nitrogens with zero attached hydrogens (tertiary/aromatic N) is 2. The number of benzene rings is 2. The number of amides is 1. The Balaban J connectivity index is 1.82. The fourth-order valence-corrected chi connectivity index (χ4v) is 4.40. The van der Waals surface area contributed by atoms with Crippen molar-refractivity contribution in [3.8, 4) is 5.75 Å². The fraction of sp³-hybridized carbons (Fsp3) is 0.222. The van der Waals surface area contributed by atoms with Crippen LogP contribution in [0.5, 0.6) is 5.75 Å². The molecule has 174 valence electrons. The van der Waals surface area contributed by atoms with E-state index in [0.717, 1.165) is 16.7 Å². The number of aliphatic hydroxyl groups is 1. The Kier molecular flexibility index (Phi) is 6.45. The van der Waals surface area contributed by atoms with Gasteiger partial charge in [0.05, 0.1) is 23.9 Å². The van der Waals surface area contributed by atoms with Crippen LogP contribution in [-0.4, -0.2) is 40.3 Å². The summed E-state index contributed by atoms with van der Waals surface area (Å²) in [6.45, 7) is 3.92. The molecule has 6 nitrogen and oxygen atoms in total. The molecule has 1 N–H and O–H groups in total. The summed E-state index contributed by atoms with van der Waals surface area (Å²) in [5.41, 5.74) is 3.26. The quantitative estimate of drug-likeness (QED) is 0.333. The molecule has 0 aliphatic carbocycles. The van der Waals surface area contributed by atoms with Crippen LogP contribution in [0.1, 0.15) is 34.0 Å². The van der Waals surface area contributed by atoms with Crippen molar-refractivity contribution >= 4 is 17.4 Å². The van der Waals surface area contributed by atoms with Crippen molar-refractivity contribution in [3.05, 3.63) is 100 Å². The number of pyridine rings is 1. The zero-order chi connectivity index (χ0) is 24.4. The minimum absolute atomic E-state index is 0.0360. The predicted molar refractivity (Wildman–Crippen MR) is 126 cm³/mol. The van der Waals surface area contributed by atoms with Crippen LogP contribution in [0.2, 0.25) is 0 Å². The van der Waals surface area contributed by atoms with Crippen molar-refractivity contribution in [2.45, 2.75) is 26.3 Å². The van der Waals surface area contributed by atoms with Crippen molar-refractivity contribution in [1.82, 2.24) is 9.88 Å². The molecule has 1 saturated heterocycles. The normalized spacial score (nSPS) is 17.3. The lowest BCUT2D eigenvalue weighted by atomic mass is 9.95. The van der Waals surface area contributed by atoms with E-state index < -0.39 is 17.7 Å². The first-order valence-electron chi connectivity index (χ1n) is 10.9. The van der Waals surface area contributed by atoms with Crippen molar-refractivity contribution in [2.24, 2.45) is 0 Å². The number of hydrogen-bond acceptors (Lipinski definition) is 5. The van der Waals surface area contributed by atoms with Gasteiger partial charge in [0.1, 0.15) is 23.4 Å². The van der Waals surface area contributed by atoms with E-state index in [-0.39, 0.29) is 23.7 Å². The second-order valence-electron chi connectivity index (χ2n) is 8.29. The number of rotatable bonds is 6. The molecule has 1 atom stereocenters. The van der Waals surface area contributed by atoms with E-state index in [1.165, 1.54) is 24.1 Å². The van der Waals surface area contributed by atoms with Crippen LogP contribution in [0.4, 0.5) is 4.39 Å². The maximum Gasteiger partial charge on any atom is 0.295 e. The lowest BCUT2D eigenvalue weighted by Crippen LogP contribution is -2.32. The molecule has 4 rings (SSSR count). The van der Waals surface area contributed by atoms with E-state index in [1.54, 1.807) is 42.6 Å². The number of likely N-dealkylation sites (tertiary alicyclic amines) is 1. The number of carbonyl (C=O) groups is 2. The molecule has 1 aromatic heterocycles. The van der Waals surface area contributed by atoms with Crippen LogP contribution in [0.25, 0.3) is 5.76 Å². The van der Waals surface area contributed by atoms with Gasteiger partial charge in [-0.25, -0.2) is 4.39 Å². The predicted octanol–water partition coefficient (Wildman–Crippen LogP) is 4.51. The molecular formula is C27H25FN2O4. The number of methoxy groups -OCH3 is 1. The molecule has 2 aromatic carbocycles. The Morgan fingerprint density at radius 3 is 2.50 bits per heavy atom. The number of Topliss-reactive ketones (excluding diaryl/α,β-unsaturated/α-hetero) is 1. The summed E-state index contributed by atoms with van der Waals surface area (Å²) in [4.78, 5) is 32.1. The van der Waals surface area contributed by atoms with Crippen LogP contribution in [0, 0.1) is 19.7 Å². The van der Waals surface area contributed by atoms with Gasteiger partial charge in [-0.05, 0) is 67.3 Å². The molecule has 3 aromatic rings. The molecule has 7 heteroatoms. The maximum absolute atomic E-state index is 13.3. The molecule has 2 heterocycles. The summed E-state index contributed by atoms with van der Waals surface area (Å²) in [5.74, 6) is -1.72. The van der Waals surface area contributed by atoms with Gasteiger partial charge < -0.3 is 14.7 Å². The summed E-state index contributed by atoms with van der Waals surface area (Å²) in [6, 6.07) is 14.0. The minimum atomic E-state index is -0.868. The van der Waals surface area contributed by atoms with Crippen LogP contribution < -0.4 is 4.74 Å². The standard InChI is InChI=1S/C27H25FN2O4/c1-16-14-17(2)26(34-3)20(15-16)24(31)22-23(21-6-4-5-12-29-21)30(27(33)25(22)32)13-11-18-7-9-19(28)10-8-18/h4-10,12,14-15,23,31H,11,13H2,1-3H3/b24-22+. The number of ether oxygens (including phenoxy) is 1. The summed E-state index contributed by atoms with van der Waals surface area (Å²) >= 11 is 0. The Morgan fingerprint density at radius 2 is 1.85 bits per heavy atom. The highest BCUT2D eigenvalue weighted by Gasteiger charge is 2.46. The second kappa shape index (κ2) is 9.47. The van der Waals surface area contributed by atoms with E-state index in [1.807, 2.05) is 19.9 Å². The van der Waals surface area contributed by atoms with Crippen LogP contribution >= 0.6 is 0 Å². The first-order chi connectivity index (χ1) is 16.3. The average molecular weight is 461 g/mol. The third-order valence-electron chi connectivity index (χ3n) is 5.94. The van der Waals surface area contributed by atoms with Gasteiger partial charge >= 0.3 is 0 Å². The Bertz CT molecular complexity index is 1270. The number of aryl methyl sites for hydroxylation is 2. The van der Waals surface area contributed by atoms with E-state index in [0.29, 0.717) is 23.4 Å². The fourth-order valence-electron chi connectivity index (χ4n) is 4.40. The maximum atomic E-state index is 13.3. The summed E-state index contributed by atoms with van der Waals surface area (Å²) in [5, 5.41) is 11.4. The molecule has 1 fully saturated rings. The van der Waals surface area contributed by atoms with Crippen LogP contribution in [-0.2, 0) is 16.0 Å². The van der Waals surface area contributed by atoms with Gasteiger partial charge in [-0.2, -0.15) is 0 Å². The van der Waals surface area contributed by atoms with Gasteiger partial charge in [0, 0.05) is 12.7 Å². The SMILES string of the molecule is COc1c(C)cc(C)cc1/C(O)=C1\C(=O)C(=O)N(CCc2ccc(F)cc2)C1c1ccccn1. The van der Waals surface area contributed by atoms with Crippen molar-refractivity contribution < 1.29 is 23.8 Å². The monoisotopic (exact) mass is 460 g/mol. The topological polar surface area (TPSA) is 79.7 Å². The first-order valence-corrected chi connectivity index (χ1v) is 10.9. The van der Waals surface area contributed by atoms with Gasteiger partial charge in [-0.15, -0.1) is 0 Å². The molecule has 1 aliphatic rings. The van der Waals surface area contributed by atoms with E-state index >= 15 is 0 Å². The first kappa shape index (κ1) is 23.2. The molecule has 34 heavy (non-hydrogen) atoms. The molecule has 0 saturated carbocycles. The highest BCUT2D eigenvalue weighted by Crippen LogP contribution is 2.41. The Labute approximate surface area is 197 Å². The smallest absolute Gasteiger partial charge is 0.295 e. The summed E-state index contributed by atoms with van der Waals surface area (Å²) < 4.78 is 18.8. The average Bonchev–Trinajstić information content (AvgIpc) is 3.08. The Hall–Kier alpha value is -4.00. The van der Waals surface area contributed by atoms with Crippen LogP contribution in [0.15, 0.2) is 66.4 Å². The molecule has 0 radical (unpaired) electrons. The Morgan fingerprint density at radius 1 is 1.12 bits per heavy atom. The number of ketones is 1. The van der Waals surface area contributed by atoms with Crippen molar-refractivity contribution in [3.63, 3.8) is 0 Å². The third-order valence-corrected chi connectivity index (χ3v) is 5.94. The highest BCUT2D eigenvalue weighted by molar-refractivity contribution is 6.46. The molecular weight excluding hydrogens is 435 g/mol. The summed E-state index contributed by atoms with van der Waals surface area (Å²) in [7, 11) is 1.49. The van der Waals surface area contributed by atoms with Gasteiger partial charge in [0.25, 0.3) is 11.7 Å². The number of aromatic nitrogens is 1. The molecule has 1 amide bonds. The van der Waals surface area contributed by atoms with Gasteiger partial charge in [-0.3, -0.25) is 14.6 Å². The molecule has 0 spiro atoms. The lowest BCUT2D eigenvalue weighted by molar-refractivity contribution is -0.139.